The van der Waals surface area contributed by atoms with E-state index in [1.165, 1.54) is 7.11 Å². The van der Waals surface area contributed by atoms with Crippen LogP contribution >= 0.6 is 11.6 Å². The number of pyridine rings is 2. The van der Waals surface area contributed by atoms with Gasteiger partial charge in [-0.15, -0.1) is 0 Å². The van der Waals surface area contributed by atoms with E-state index in [2.05, 4.69) is 31.6 Å². The zero-order valence-corrected chi connectivity index (χ0v) is 19.4. The zero-order chi connectivity index (χ0) is 23.4. The second-order valence-electron chi connectivity index (χ2n) is 7.81. The molecule has 0 amide bonds. The summed E-state index contributed by atoms with van der Waals surface area (Å²) >= 11 is 6.19. The maximum atomic E-state index is 10.0. The van der Waals surface area contributed by atoms with E-state index in [1.54, 1.807) is 24.5 Å². The van der Waals surface area contributed by atoms with Crippen LogP contribution in [0.3, 0.4) is 0 Å². The highest BCUT2D eigenvalue weighted by Gasteiger charge is 2.12. The molecule has 169 valence electrons. The summed E-state index contributed by atoms with van der Waals surface area (Å²) in [6.45, 7) is 1.75. The van der Waals surface area contributed by atoms with Gasteiger partial charge in [-0.2, -0.15) is 0 Å². The first-order valence-electron chi connectivity index (χ1n) is 10.4. The minimum Gasteiger partial charge on any atom is -0.503 e. The Hall–Kier alpha value is -3.55. The normalized spacial score (nSPS) is 11.1. The van der Waals surface area contributed by atoms with Crippen molar-refractivity contribution in [2.75, 3.05) is 44.9 Å². The molecule has 0 atom stereocenters. The Kier molecular flexibility index (Phi) is 6.82. The van der Waals surface area contributed by atoms with Crippen molar-refractivity contribution in [1.29, 1.82) is 0 Å². The molecule has 2 aromatic carbocycles. The SMILES string of the molecule is COc1cc(-c2ccc3nc[c]c(Nc4ccc(NCCN(C)C)nc4)c3c2)cc(Cl)c1O. The molecule has 0 aliphatic carbocycles. The molecule has 0 bridgehead atoms. The molecule has 2 heterocycles. The van der Waals surface area contributed by atoms with Gasteiger partial charge in [-0.3, -0.25) is 4.98 Å². The van der Waals surface area contributed by atoms with Gasteiger partial charge < -0.3 is 25.4 Å². The number of benzene rings is 2. The molecule has 8 heteroatoms. The van der Waals surface area contributed by atoms with E-state index in [0.717, 1.165) is 52.3 Å². The van der Waals surface area contributed by atoms with Crippen LogP contribution < -0.4 is 15.4 Å². The van der Waals surface area contributed by atoms with Crippen LogP contribution in [0.15, 0.2) is 54.9 Å². The summed E-state index contributed by atoms with van der Waals surface area (Å²) in [4.78, 5) is 11.0. The number of phenolic OH excluding ortho intramolecular Hbond substituents is 1. The van der Waals surface area contributed by atoms with Gasteiger partial charge in [0.2, 0.25) is 0 Å². The molecule has 3 N–H and O–H groups in total. The van der Waals surface area contributed by atoms with Crippen LogP contribution in [0.25, 0.3) is 22.0 Å². The lowest BCUT2D eigenvalue weighted by Gasteiger charge is -2.13. The van der Waals surface area contributed by atoms with E-state index in [0.29, 0.717) is 5.75 Å². The molecule has 33 heavy (non-hydrogen) atoms. The highest BCUT2D eigenvalue weighted by molar-refractivity contribution is 6.32. The molecule has 0 spiro atoms. The average molecular weight is 463 g/mol. The van der Waals surface area contributed by atoms with Crippen molar-refractivity contribution >= 4 is 39.7 Å². The van der Waals surface area contributed by atoms with Gasteiger partial charge >= 0.3 is 0 Å². The number of nitrogens with one attached hydrogen (secondary N) is 2. The first-order valence-corrected chi connectivity index (χ1v) is 10.8. The number of rotatable bonds is 8. The van der Waals surface area contributed by atoms with Crippen LogP contribution in [-0.2, 0) is 0 Å². The molecule has 1 radical (unpaired) electrons. The molecular weight excluding hydrogens is 438 g/mol. The van der Waals surface area contributed by atoms with Gasteiger partial charge in [-0.25, -0.2) is 4.98 Å². The van der Waals surface area contributed by atoms with Crippen molar-refractivity contribution in [3.8, 4) is 22.6 Å². The van der Waals surface area contributed by atoms with Gasteiger partial charge in [-0.1, -0.05) is 17.7 Å². The molecule has 2 aromatic heterocycles. The first kappa shape index (κ1) is 22.6. The van der Waals surface area contributed by atoms with Crippen LogP contribution in [-0.4, -0.2) is 54.3 Å². The number of nitrogens with zero attached hydrogens (tertiary/aromatic N) is 3. The van der Waals surface area contributed by atoms with Gasteiger partial charge in [-0.05, 0) is 61.6 Å². The molecule has 0 aliphatic heterocycles. The van der Waals surface area contributed by atoms with Gasteiger partial charge in [0.15, 0.2) is 11.5 Å². The maximum absolute atomic E-state index is 10.0. The Morgan fingerprint density at radius 1 is 1.09 bits per heavy atom. The van der Waals surface area contributed by atoms with Gasteiger partial charge in [0.05, 0.1) is 35.2 Å². The van der Waals surface area contributed by atoms with Crippen LogP contribution in [0.4, 0.5) is 17.2 Å². The fraction of sp³-hybridized carbons (Fsp3) is 0.200. The summed E-state index contributed by atoms with van der Waals surface area (Å²) in [6, 6.07) is 16.5. The number of phenols is 1. The lowest BCUT2D eigenvalue weighted by molar-refractivity contribution is 0.374. The lowest BCUT2D eigenvalue weighted by atomic mass is 10.0. The Morgan fingerprint density at radius 3 is 2.67 bits per heavy atom. The van der Waals surface area contributed by atoms with Gasteiger partial charge in [0.1, 0.15) is 5.82 Å². The highest BCUT2D eigenvalue weighted by atomic mass is 35.5. The topological polar surface area (TPSA) is 82.5 Å². The number of methoxy groups -OCH3 is 1. The van der Waals surface area contributed by atoms with E-state index in [4.69, 9.17) is 16.3 Å². The smallest absolute Gasteiger partial charge is 0.176 e. The molecular formula is C25H25ClN5O2. The summed E-state index contributed by atoms with van der Waals surface area (Å²) in [5, 5.41) is 17.9. The van der Waals surface area contributed by atoms with Crippen LogP contribution in [0.2, 0.25) is 5.02 Å². The largest absolute Gasteiger partial charge is 0.503 e. The summed E-state index contributed by atoms with van der Waals surface area (Å²) in [5.41, 5.74) is 4.18. The third-order valence-corrected chi connectivity index (χ3v) is 5.45. The van der Waals surface area contributed by atoms with E-state index >= 15 is 0 Å². The number of aromatic hydroxyl groups is 1. The number of halogens is 1. The number of ether oxygens (including phenoxy) is 1. The predicted molar refractivity (Wildman–Crippen MR) is 134 cm³/mol. The average Bonchev–Trinajstić information content (AvgIpc) is 2.81. The summed E-state index contributed by atoms with van der Waals surface area (Å²) < 4.78 is 5.24. The number of likely N-dealkylation sites (N-methyl/N-ethyl adjacent to an activating group) is 1. The number of hydrogen-bond donors (Lipinski definition) is 3. The second-order valence-corrected chi connectivity index (χ2v) is 8.21. The van der Waals surface area contributed by atoms with Crippen molar-refractivity contribution in [1.82, 2.24) is 14.9 Å². The Balaban J connectivity index is 1.61. The van der Waals surface area contributed by atoms with Gasteiger partial charge in [0.25, 0.3) is 0 Å². The fourth-order valence-corrected chi connectivity index (χ4v) is 3.61. The van der Waals surface area contributed by atoms with Crippen LogP contribution in [0.5, 0.6) is 11.5 Å². The summed E-state index contributed by atoms with van der Waals surface area (Å²) in [5.74, 6) is 1.07. The molecule has 4 aromatic rings. The highest BCUT2D eigenvalue weighted by Crippen LogP contribution is 2.39. The minimum atomic E-state index is -0.0757. The number of aromatic nitrogens is 2. The quantitative estimate of drug-likeness (QED) is 0.332. The number of fused-ring (bicyclic) bond motifs is 1. The van der Waals surface area contributed by atoms with Crippen molar-refractivity contribution < 1.29 is 9.84 Å². The standard InChI is InChI=1S/C25H25ClN5O2/c1-31(2)11-10-28-24-7-5-18(15-29-24)30-22-8-9-27-21-6-4-16(12-19(21)22)17-13-20(26)25(32)23(14-17)33-3/h4-7,9,12-15,32H,10-11H2,1-3H3,(H,27,30)(H,28,29). The van der Waals surface area contributed by atoms with Crippen molar-refractivity contribution in [3.63, 3.8) is 0 Å². The van der Waals surface area contributed by atoms with Crippen molar-refractivity contribution in [2.45, 2.75) is 0 Å². The molecule has 0 saturated heterocycles. The lowest BCUT2D eigenvalue weighted by Crippen LogP contribution is -2.21. The van der Waals surface area contributed by atoms with Crippen LogP contribution in [0, 0.1) is 6.07 Å². The molecule has 0 unspecified atom stereocenters. The van der Waals surface area contributed by atoms with E-state index < -0.39 is 0 Å². The summed E-state index contributed by atoms with van der Waals surface area (Å²) in [6.07, 6.45) is 3.43. The number of anilines is 3. The van der Waals surface area contributed by atoms with Crippen LogP contribution in [0.1, 0.15) is 0 Å². The molecule has 4 rings (SSSR count). The monoisotopic (exact) mass is 462 g/mol. The van der Waals surface area contributed by atoms with E-state index in [-0.39, 0.29) is 10.8 Å². The Bertz CT molecular complexity index is 1260. The molecule has 0 saturated carbocycles. The Morgan fingerprint density at radius 2 is 1.94 bits per heavy atom. The third-order valence-electron chi connectivity index (χ3n) is 5.16. The summed E-state index contributed by atoms with van der Waals surface area (Å²) in [7, 11) is 5.57. The van der Waals surface area contributed by atoms with E-state index in [1.807, 2.05) is 44.4 Å². The molecule has 0 fully saturated rings. The fourth-order valence-electron chi connectivity index (χ4n) is 3.40. The second kappa shape index (κ2) is 9.94. The Labute approximate surface area is 198 Å². The minimum absolute atomic E-state index is 0.0757. The third kappa shape index (κ3) is 5.27. The van der Waals surface area contributed by atoms with Gasteiger partial charge in [0, 0.05) is 30.7 Å². The van der Waals surface area contributed by atoms with Crippen molar-refractivity contribution in [3.05, 3.63) is 65.9 Å². The predicted octanol–water partition coefficient (Wildman–Crippen LogP) is 5.18. The molecule has 7 nitrogen and oxygen atoms in total. The maximum Gasteiger partial charge on any atom is 0.176 e. The van der Waals surface area contributed by atoms with Crippen molar-refractivity contribution in [2.24, 2.45) is 0 Å². The van der Waals surface area contributed by atoms with E-state index in [9.17, 15) is 5.11 Å². The number of hydrogen-bond acceptors (Lipinski definition) is 7. The molecule has 0 aliphatic rings. The zero-order valence-electron chi connectivity index (χ0n) is 18.7. The first-order chi connectivity index (χ1) is 15.9.